The molecule has 0 aromatic heterocycles. The molecule has 0 bridgehead atoms. The van der Waals surface area contributed by atoms with E-state index in [9.17, 15) is 18.8 Å². The Morgan fingerprint density at radius 2 is 1.82 bits per heavy atom. The molecule has 2 aromatic carbocycles. The number of imide groups is 1. The summed E-state index contributed by atoms with van der Waals surface area (Å²) in [4.78, 5) is 38.8. The SMILES string of the molecule is O=C(CSc1ccccc1)NCCN1C(=O)SC(=Cc2ccc(F)cc2)C1=O. The van der Waals surface area contributed by atoms with Crippen molar-refractivity contribution in [2.24, 2.45) is 0 Å². The largest absolute Gasteiger partial charge is 0.354 e. The lowest BCUT2D eigenvalue weighted by Crippen LogP contribution is -2.37. The van der Waals surface area contributed by atoms with Crippen molar-refractivity contribution in [2.45, 2.75) is 4.90 Å². The minimum atomic E-state index is -0.410. The molecule has 0 aliphatic carbocycles. The summed E-state index contributed by atoms with van der Waals surface area (Å²) >= 11 is 2.25. The monoisotopic (exact) mass is 416 g/mol. The first kappa shape index (κ1) is 20.2. The normalized spacial score (nSPS) is 15.3. The summed E-state index contributed by atoms with van der Waals surface area (Å²) in [6.07, 6.45) is 1.55. The van der Waals surface area contributed by atoms with Gasteiger partial charge in [0.2, 0.25) is 5.91 Å². The molecule has 1 heterocycles. The van der Waals surface area contributed by atoms with Gasteiger partial charge in [-0.3, -0.25) is 19.3 Å². The number of amides is 3. The minimum Gasteiger partial charge on any atom is -0.354 e. The first-order valence-corrected chi connectivity index (χ1v) is 10.3. The van der Waals surface area contributed by atoms with Gasteiger partial charge < -0.3 is 5.32 Å². The lowest BCUT2D eigenvalue weighted by atomic mass is 10.2. The molecule has 1 saturated heterocycles. The van der Waals surface area contributed by atoms with Crippen LogP contribution in [0.5, 0.6) is 0 Å². The van der Waals surface area contributed by atoms with Gasteiger partial charge in [-0.1, -0.05) is 30.3 Å². The summed E-state index contributed by atoms with van der Waals surface area (Å²) in [5.74, 6) is -0.683. The van der Waals surface area contributed by atoms with E-state index in [0.29, 0.717) is 5.56 Å². The second kappa shape index (κ2) is 9.57. The van der Waals surface area contributed by atoms with Crippen LogP contribution < -0.4 is 5.32 Å². The number of hydrogen-bond donors (Lipinski definition) is 1. The fourth-order valence-electron chi connectivity index (χ4n) is 2.43. The number of hydrogen-bond acceptors (Lipinski definition) is 5. The van der Waals surface area contributed by atoms with Gasteiger partial charge in [0.15, 0.2) is 0 Å². The van der Waals surface area contributed by atoms with E-state index in [1.54, 1.807) is 6.08 Å². The number of carbonyl (C=O) groups excluding carboxylic acids is 3. The third kappa shape index (κ3) is 5.46. The molecule has 1 fully saturated rings. The van der Waals surface area contributed by atoms with E-state index in [0.717, 1.165) is 21.6 Å². The summed E-state index contributed by atoms with van der Waals surface area (Å²) in [6, 6.07) is 15.2. The molecule has 0 radical (unpaired) electrons. The molecule has 5 nitrogen and oxygen atoms in total. The van der Waals surface area contributed by atoms with Crippen molar-refractivity contribution in [3.05, 3.63) is 70.9 Å². The van der Waals surface area contributed by atoms with Gasteiger partial charge in [-0.25, -0.2) is 4.39 Å². The highest BCUT2D eigenvalue weighted by Gasteiger charge is 2.34. The summed E-state index contributed by atoms with van der Waals surface area (Å²) in [6.45, 7) is 0.295. The Labute approximate surface area is 170 Å². The standard InChI is InChI=1S/C20H17FN2O3S2/c21-15-8-6-14(7-9-15)12-17-19(25)23(20(26)28-17)11-10-22-18(24)13-27-16-4-2-1-3-5-16/h1-9,12H,10-11,13H2,(H,22,24). The van der Waals surface area contributed by atoms with Crippen LogP contribution in [0.4, 0.5) is 9.18 Å². The van der Waals surface area contributed by atoms with Crippen molar-refractivity contribution in [3.8, 4) is 0 Å². The van der Waals surface area contributed by atoms with Gasteiger partial charge in [-0.2, -0.15) is 0 Å². The quantitative estimate of drug-likeness (QED) is 0.550. The van der Waals surface area contributed by atoms with Crippen LogP contribution in [0.15, 0.2) is 64.4 Å². The number of benzene rings is 2. The van der Waals surface area contributed by atoms with Crippen molar-refractivity contribution in [2.75, 3.05) is 18.8 Å². The highest BCUT2D eigenvalue weighted by molar-refractivity contribution is 8.18. The van der Waals surface area contributed by atoms with E-state index < -0.39 is 5.91 Å². The molecule has 3 rings (SSSR count). The van der Waals surface area contributed by atoms with Gasteiger partial charge in [0.25, 0.3) is 11.1 Å². The molecule has 0 atom stereocenters. The number of thioether (sulfide) groups is 2. The average molecular weight is 416 g/mol. The first-order chi connectivity index (χ1) is 13.5. The molecule has 1 N–H and O–H groups in total. The fraction of sp³-hybridized carbons (Fsp3) is 0.150. The number of carbonyl (C=O) groups is 3. The van der Waals surface area contributed by atoms with E-state index in [1.165, 1.54) is 36.0 Å². The van der Waals surface area contributed by atoms with Crippen LogP contribution in [0.25, 0.3) is 6.08 Å². The third-order valence-electron chi connectivity index (χ3n) is 3.81. The maximum atomic E-state index is 13.0. The Morgan fingerprint density at radius 3 is 2.54 bits per heavy atom. The fourth-order valence-corrected chi connectivity index (χ4v) is 4.04. The molecule has 0 spiro atoms. The zero-order valence-corrected chi connectivity index (χ0v) is 16.4. The highest BCUT2D eigenvalue weighted by Crippen LogP contribution is 2.31. The lowest BCUT2D eigenvalue weighted by Gasteiger charge is -2.13. The molecular formula is C20H17FN2O3S2. The van der Waals surface area contributed by atoms with Gasteiger partial charge >= 0.3 is 0 Å². The molecule has 1 aliphatic rings. The van der Waals surface area contributed by atoms with Crippen molar-refractivity contribution in [1.82, 2.24) is 10.2 Å². The van der Waals surface area contributed by atoms with Crippen molar-refractivity contribution < 1.29 is 18.8 Å². The predicted octanol–water partition coefficient (Wildman–Crippen LogP) is 3.77. The molecule has 0 unspecified atom stereocenters. The summed E-state index contributed by atoms with van der Waals surface area (Å²) in [5, 5.41) is 2.33. The van der Waals surface area contributed by atoms with E-state index in [2.05, 4.69) is 5.32 Å². The molecule has 0 saturated carbocycles. The lowest BCUT2D eigenvalue weighted by molar-refractivity contribution is -0.123. The summed E-state index contributed by atoms with van der Waals surface area (Å²) < 4.78 is 13.0. The summed E-state index contributed by atoms with van der Waals surface area (Å²) in [5.41, 5.74) is 0.637. The maximum absolute atomic E-state index is 13.0. The molecule has 1 aliphatic heterocycles. The van der Waals surface area contributed by atoms with Gasteiger partial charge in [-0.05, 0) is 47.7 Å². The predicted molar refractivity (Wildman–Crippen MR) is 109 cm³/mol. The van der Waals surface area contributed by atoms with E-state index in [-0.39, 0.29) is 40.7 Å². The molecular weight excluding hydrogens is 399 g/mol. The smallest absolute Gasteiger partial charge is 0.293 e. The molecule has 3 amide bonds. The van der Waals surface area contributed by atoms with Gasteiger partial charge in [-0.15, -0.1) is 11.8 Å². The Hall–Kier alpha value is -2.58. The average Bonchev–Trinajstić information content (AvgIpc) is 2.96. The Bertz CT molecular complexity index is 901. The topological polar surface area (TPSA) is 66.5 Å². The van der Waals surface area contributed by atoms with Gasteiger partial charge in [0.05, 0.1) is 10.7 Å². The Balaban J connectivity index is 1.48. The zero-order chi connectivity index (χ0) is 19.9. The van der Waals surface area contributed by atoms with Crippen LogP contribution in [0.2, 0.25) is 0 Å². The van der Waals surface area contributed by atoms with Gasteiger partial charge in [0, 0.05) is 18.0 Å². The molecule has 28 heavy (non-hydrogen) atoms. The first-order valence-electron chi connectivity index (χ1n) is 8.48. The van der Waals surface area contributed by atoms with Crippen molar-refractivity contribution >= 4 is 46.7 Å². The molecule has 2 aromatic rings. The van der Waals surface area contributed by atoms with Crippen LogP contribution >= 0.6 is 23.5 Å². The van der Waals surface area contributed by atoms with E-state index in [4.69, 9.17) is 0 Å². The van der Waals surface area contributed by atoms with E-state index in [1.807, 2.05) is 30.3 Å². The van der Waals surface area contributed by atoms with Crippen LogP contribution in [-0.4, -0.2) is 40.8 Å². The number of nitrogens with zero attached hydrogens (tertiary/aromatic N) is 1. The Kier molecular flexibility index (Phi) is 6.89. The number of rotatable bonds is 7. The van der Waals surface area contributed by atoms with Crippen LogP contribution in [0, 0.1) is 5.82 Å². The van der Waals surface area contributed by atoms with Crippen LogP contribution in [-0.2, 0) is 9.59 Å². The number of halogens is 1. The van der Waals surface area contributed by atoms with Gasteiger partial charge in [0.1, 0.15) is 5.82 Å². The molecule has 144 valence electrons. The highest BCUT2D eigenvalue weighted by atomic mass is 32.2. The van der Waals surface area contributed by atoms with Crippen LogP contribution in [0.3, 0.4) is 0 Å². The maximum Gasteiger partial charge on any atom is 0.293 e. The number of nitrogens with one attached hydrogen (secondary N) is 1. The van der Waals surface area contributed by atoms with E-state index >= 15 is 0 Å². The zero-order valence-electron chi connectivity index (χ0n) is 14.8. The second-order valence-corrected chi connectivity index (χ2v) is 7.88. The third-order valence-corrected chi connectivity index (χ3v) is 5.73. The molecule has 8 heteroatoms. The van der Waals surface area contributed by atoms with Crippen molar-refractivity contribution in [3.63, 3.8) is 0 Å². The van der Waals surface area contributed by atoms with Crippen LogP contribution in [0.1, 0.15) is 5.56 Å². The minimum absolute atomic E-state index is 0.104. The summed E-state index contributed by atoms with van der Waals surface area (Å²) in [7, 11) is 0. The van der Waals surface area contributed by atoms with Crippen molar-refractivity contribution in [1.29, 1.82) is 0 Å². The second-order valence-electron chi connectivity index (χ2n) is 5.84. The Morgan fingerprint density at radius 1 is 1.11 bits per heavy atom.